The van der Waals surface area contributed by atoms with Gasteiger partial charge < -0.3 is 4.52 Å². The van der Waals surface area contributed by atoms with Crippen molar-refractivity contribution in [3.63, 3.8) is 0 Å². The van der Waals surface area contributed by atoms with Crippen LogP contribution in [0.3, 0.4) is 0 Å². The minimum Gasteiger partial charge on any atom is -0.339 e. The molecule has 4 nitrogen and oxygen atoms in total. The van der Waals surface area contributed by atoms with Gasteiger partial charge in [-0.1, -0.05) is 30.6 Å². The molecule has 1 aliphatic rings. The van der Waals surface area contributed by atoms with Gasteiger partial charge in [0.2, 0.25) is 11.7 Å². The minimum absolute atomic E-state index is 0.0334. The van der Waals surface area contributed by atoms with Gasteiger partial charge in [0.05, 0.1) is 17.9 Å². The molecule has 2 unspecified atom stereocenters. The molecule has 0 aliphatic heterocycles. The second-order valence-corrected chi connectivity index (χ2v) is 5.81. The van der Waals surface area contributed by atoms with Crippen molar-refractivity contribution in [2.45, 2.75) is 19.8 Å². The Kier molecular flexibility index (Phi) is 2.61. The Labute approximate surface area is 116 Å². The molecule has 0 saturated heterocycles. The summed E-state index contributed by atoms with van der Waals surface area (Å²) >= 11 is 5.84. The SMILES string of the molecule is CC1(C)C(C#N)C1c1nc(-c2ccc(Cl)cc2)no1. The van der Waals surface area contributed by atoms with Crippen LogP contribution in [0.15, 0.2) is 28.8 Å². The molecule has 0 amide bonds. The van der Waals surface area contributed by atoms with E-state index in [4.69, 9.17) is 21.4 Å². The van der Waals surface area contributed by atoms with Crippen LogP contribution in [-0.4, -0.2) is 10.1 Å². The van der Waals surface area contributed by atoms with Gasteiger partial charge in [0.1, 0.15) is 0 Å². The van der Waals surface area contributed by atoms with Crippen molar-refractivity contribution >= 4 is 11.6 Å². The summed E-state index contributed by atoms with van der Waals surface area (Å²) in [5.74, 6) is 1.06. The molecule has 1 aromatic carbocycles. The summed E-state index contributed by atoms with van der Waals surface area (Å²) < 4.78 is 5.30. The molecule has 2 atom stereocenters. The number of hydrogen-bond acceptors (Lipinski definition) is 4. The second-order valence-electron chi connectivity index (χ2n) is 5.37. The van der Waals surface area contributed by atoms with Crippen molar-refractivity contribution in [3.05, 3.63) is 35.2 Å². The number of nitrogens with zero attached hydrogens (tertiary/aromatic N) is 3. The summed E-state index contributed by atoms with van der Waals surface area (Å²) in [5, 5.41) is 13.7. The first-order valence-electron chi connectivity index (χ1n) is 6.03. The first kappa shape index (κ1) is 12.2. The minimum atomic E-state index is -0.0848. The highest BCUT2D eigenvalue weighted by molar-refractivity contribution is 6.30. The van der Waals surface area contributed by atoms with Crippen LogP contribution >= 0.6 is 11.6 Å². The lowest BCUT2D eigenvalue weighted by Crippen LogP contribution is -1.90. The summed E-state index contributed by atoms with van der Waals surface area (Å²) in [6, 6.07) is 9.54. The fraction of sp³-hybridized carbons (Fsp3) is 0.357. The number of aromatic nitrogens is 2. The van der Waals surface area contributed by atoms with Crippen molar-refractivity contribution < 1.29 is 4.52 Å². The van der Waals surface area contributed by atoms with Crippen molar-refractivity contribution in [1.29, 1.82) is 5.26 Å². The van der Waals surface area contributed by atoms with Gasteiger partial charge in [0.25, 0.3) is 0 Å². The average molecular weight is 274 g/mol. The number of halogens is 1. The van der Waals surface area contributed by atoms with Crippen LogP contribution in [0.1, 0.15) is 25.7 Å². The number of benzene rings is 1. The van der Waals surface area contributed by atoms with Crippen LogP contribution < -0.4 is 0 Å². The molecule has 1 heterocycles. The molecule has 2 aromatic rings. The molecule has 1 fully saturated rings. The molecule has 1 aliphatic carbocycles. The summed E-state index contributed by atoms with van der Waals surface area (Å²) in [5.41, 5.74) is 0.768. The zero-order valence-corrected chi connectivity index (χ0v) is 11.3. The fourth-order valence-electron chi connectivity index (χ4n) is 2.42. The lowest BCUT2D eigenvalue weighted by Gasteiger charge is -1.95. The molecule has 1 saturated carbocycles. The third-order valence-corrected chi connectivity index (χ3v) is 4.03. The zero-order valence-electron chi connectivity index (χ0n) is 10.6. The van der Waals surface area contributed by atoms with Gasteiger partial charge >= 0.3 is 0 Å². The van der Waals surface area contributed by atoms with Crippen LogP contribution in [-0.2, 0) is 0 Å². The van der Waals surface area contributed by atoms with Crippen LogP contribution in [0.5, 0.6) is 0 Å². The van der Waals surface area contributed by atoms with Crippen molar-refractivity contribution in [3.8, 4) is 17.5 Å². The lowest BCUT2D eigenvalue weighted by atomic mass is 10.1. The number of nitriles is 1. The van der Waals surface area contributed by atoms with Crippen molar-refractivity contribution in [2.24, 2.45) is 11.3 Å². The Morgan fingerprint density at radius 1 is 1.32 bits per heavy atom. The Hall–Kier alpha value is -1.86. The summed E-state index contributed by atoms with van der Waals surface area (Å²) in [6.07, 6.45) is 0. The standard InChI is InChI=1S/C14H12ClN3O/c1-14(2)10(7-16)11(14)13-17-12(18-19-13)8-3-5-9(15)6-4-8/h3-6,10-11H,1-2H3. The Morgan fingerprint density at radius 2 is 2.00 bits per heavy atom. The van der Waals surface area contributed by atoms with Crippen LogP contribution in [0.2, 0.25) is 5.02 Å². The third kappa shape index (κ3) is 1.91. The highest BCUT2D eigenvalue weighted by atomic mass is 35.5. The van der Waals surface area contributed by atoms with Crippen LogP contribution in [0, 0.1) is 22.7 Å². The van der Waals surface area contributed by atoms with E-state index in [1.165, 1.54) is 0 Å². The molecule has 19 heavy (non-hydrogen) atoms. The Bertz CT molecular complexity index is 654. The van der Waals surface area contributed by atoms with Crippen molar-refractivity contribution in [2.75, 3.05) is 0 Å². The van der Waals surface area contributed by atoms with E-state index in [9.17, 15) is 0 Å². The fourth-order valence-corrected chi connectivity index (χ4v) is 2.54. The highest BCUT2D eigenvalue weighted by Gasteiger charge is 2.62. The van der Waals surface area contributed by atoms with E-state index < -0.39 is 0 Å². The molecule has 1 aromatic heterocycles. The van der Waals surface area contributed by atoms with Gasteiger partial charge in [-0.05, 0) is 29.7 Å². The van der Waals surface area contributed by atoms with Gasteiger partial charge in [-0.25, -0.2) is 0 Å². The molecule has 0 radical (unpaired) electrons. The zero-order chi connectivity index (χ0) is 13.6. The molecule has 3 rings (SSSR count). The molecule has 96 valence electrons. The smallest absolute Gasteiger partial charge is 0.232 e. The second kappa shape index (κ2) is 4.07. The maximum atomic E-state index is 9.07. The first-order chi connectivity index (χ1) is 9.04. The Morgan fingerprint density at radius 3 is 2.58 bits per heavy atom. The van der Waals surface area contributed by atoms with Crippen molar-refractivity contribution in [1.82, 2.24) is 10.1 Å². The molecular weight excluding hydrogens is 262 g/mol. The van der Waals surface area contributed by atoms with Gasteiger partial charge in [-0.15, -0.1) is 0 Å². The molecule has 0 N–H and O–H groups in total. The largest absolute Gasteiger partial charge is 0.339 e. The van der Waals surface area contributed by atoms with E-state index in [0.717, 1.165) is 5.56 Å². The number of hydrogen-bond donors (Lipinski definition) is 0. The Balaban J connectivity index is 1.89. The van der Waals surface area contributed by atoms with Gasteiger partial charge in [0.15, 0.2) is 0 Å². The third-order valence-electron chi connectivity index (χ3n) is 3.78. The maximum Gasteiger partial charge on any atom is 0.232 e. The van der Waals surface area contributed by atoms with Gasteiger partial charge in [0, 0.05) is 10.6 Å². The van der Waals surface area contributed by atoms with E-state index in [0.29, 0.717) is 16.7 Å². The monoisotopic (exact) mass is 273 g/mol. The summed E-state index contributed by atoms with van der Waals surface area (Å²) in [4.78, 5) is 4.39. The average Bonchev–Trinajstić information content (AvgIpc) is 2.76. The quantitative estimate of drug-likeness (QED) is 0.838. The topological polar surface area (TPSA) is 62.7 Å². The molecular formula is C14H12ClN3O. The summed E-state index contributed by atoms with van der Waals surface area (Å²) in [7, 11) is 0. The summed E-state index contributed by atoms with van der Waals surface area (Å²) in [6.45, 7) is 4.08. The van der Waals surface area contributed by atoms with E-state index in [1.54, 1.807) is 12.1 Å². The van der Waals surface area contributed by atoms with E-state index in [1.807, 2.05) is 26.0 Å². The van der Waals surface area contributed by atoms with Crippen LogP contribution in [0.25, 0.3) is 11.4 Å². The molecule has 0 bridgehead atoms. The predicted octanol–water partition coefficient (Wildman–Crippen LogP) is 3.65. The normalized spacial score (nSPS) is 23.9. The van der Waals surface area contributed by atoms with E-state index in [2.05, 4.69) is 16.2 Å². The lowest BCUT2D eigenvalue weighted by molar-refractivity contribution is 0.368. The van der Waals surface area contributed by atoms with E-state index in [-0.39, 0.29) is 17.3 Å². The maximum absolute atomic E-state index is 9.07. The van der Waals surface area contributed by atoms with E-state index >= 15 is 0 Å². The molecule has 0 spiro atoms. The molecule has 5 heteroatoms. The predicted molar refractivity (Wildman–Crippen MR) is 70.4 cm³/mol. The first-order valence-corrected chi connectivity index (χ1v) is 6.41. The highest BCUT2D eigenvalue weighted by Crippen LogP contribution is 2.63. The van der Waals surface area contributed by atoms with Gasteiger partial charge in [-0.2, -0.15) is 10.2 Å². The van der Waals surface area contributed by atoms with Crippen LogP contribution in [0.4, 0.5) is 0 Å². The number of rotatable bonds is 2. The van der Waals surface area contributed by atoms with Gasteiger partial charge in [-0.3, -0.25) is 0 Å².